The van der Waals surface area contributed by atoms with Gasteiger partial charge in [0.1, 0.15) is 16.8 Å². The van der Waals surface area contributed by atoms with E-state index in [1.807, 2.05) is 4.90 Å². The fourth-order valence-electron chi connectivity index (χ4n) is 4.34. The number of carbonyl (C=O) groups is 1. The number of likely N-dealkylation sites (tertiary alicyclic amines) is 1. The molecule has 29 heavy (non-hydrogen) atoms. The van der Waals surface area contributed by atoms with Crippen LogP contribution in [0.4, 0.5) is 10.2 Å². The van der Waals surface area contributed by atoms with Gasteiger partial charge in [0, 0.05) is 12.6 Å². The molecular weight excluding hydrogens is 397 g/mol. The number of aromatic nitrogens is 5. The highest BCUT2D eigenvalue weighted by atomic mass is 35.5. The molecule has 3 atom stereocenters. The molecule has 10 heteroatoms. The Morgan fingerprint density at radius 3 is 2.72 bits per heavy atom. The van der Waals surface area contributed by atoms with Crippen molar-refractivity contribution in [2.75, 3.05) is 11.9 Å². The van der Waals surface area contributed by atoms with Crippen LogP contribution in [0.2, 0.25) is 5.15 Å². The highest BCUT2D eigenvalue weighted by molar-refractivity contribution is 6.29. The summed E-state index contributed by atoms with van der Waals surface area (Å²) in [5.41, 5.74) is 0.705. The number of hydrogen-bond acceptors (Lipinski definition) is 6. The lowest BCUT2D eigenvalue weighted by atomic mass is 10.0. The molecule has 0 spiro atoms. The van der Waals surface area contributed by atoms with Crippen LogP contribution in [-0.4, -0.2) is 54.4 Å². The molecule has 2 bridgehead atoms. The topological polar surface area (TPSA) is 88.8 Å². The number of rotatable bonds is 4. The third-order valence-corrected chi connectivity index (χ3v) is 5.71. The Balaban J connectivity index is 1.41. The maximum atomic E-state index is 14.0. The monoisotopic (exact) mass is 413 g/mol. The zero-order valence-electron chi connectivity index (χ0n) is 15.2. The molecule has 0 unspecified atom stereocenters. The van der Waals surface area contributed by atoms with E-state index in [-0.39, 0.29) is 23.6 Å². The summed E-state index contributed by atoms with van der Waals surface area (Å²) < 4.78 is 14.0. The second kappa shape index (κ2) is 7.07. The number of amides is 1. The molecule has 1 aliphatic heterocycles. The first-order chi connectivity index (χ1) is 14.1. The Hall–Kier alpha value is -3.07. The van der Waals surface area contributed by atoms with Crippen LogP contribution in [0.3, 0.4) is 0 Å². The van der Waals surface area contributed by atoms with E-state index in [1.54, 1.807) is 6.20 Å². The molecule has 2 aromatic heterocycles. The first-order valence-corrected chi connectivity index (χ1v) is 9.67. The highest BCUT2D eigenvalue weighted by Gasteiger charge is 2.47. The van der Waals surface area contributed by atoms with Crippen molar-refractivity contribution in [3.05, 3.63) is 59.5 Å². The lowest BCUT2D eigenvalue weighted by Gasteiger charge is -2.34. The molecule has 2 fully saturated rings. The molecule has 1 saturated heterocycles. The number of nitrogens with one attached hydrogen (secondary N) is 1. The van der Waals surface area contributed by atoms with Crippen molar-refractivity contribution in [3.8, 4) is 5.69 Å². The summed E-state index contributed by atoms with van der Waals surface area (Å²) in [5.74, 6) is 0.311. The predicted molar refractivity (Wildman–Crippen MR) is 103 cm³/mol. The summed E-state index contributed by atoms with van der Waals surface area (Å²) in [6, 6.07) is 4.12. The minimum atomic E-state index is -0.472. The van der Waals surface area contributed by atoms with Gasteiger partial charge < -0.3 is 10.2 Å². The number of hydrogen-bond donors (Lipinski definition) is 1. The molecule has 3 aromatic rings. The molecule has 3 heterocycles. The maximum absolute atomic E-state index is 14.0. The summed E-state index contributed by atoms with van der Waals surface area (Å²) in [4.78, 5) is 24.8. The van der Waals surface area contributed by atoms with E-state index in [1.165, 1.54) is 41.6 Å². The number of carbonyl (C=O) groups excluding carboxylic acids is 1. The Morgan fingerprint density at radius 1 is 1.17 bits per heavy atom. The SMILES string of the molecule is O=C(c1cc(F)ccc1-n1nccn1)N1C[C@H]2C[C@@H](Nc3cnc(Cl)cn3)[C@@H]1C2. The second-order valence-corrected chi connectivity index (χ2v) is 7.70. The fraction of sp³-hybridized carbons (Fsp3) is 0.316. The van der Waals surface area contributed by atoms with Gasteiger partial charge in [-0.2, -0.15) is 15.0 Å². The summed E-state index contributed by atoms with van der Waals surface area (Å²) in [6.45, 7) is 0.649. The van der Waals surface area contributed by atoms with Gasteiger partial charge in [0.2, 0.25) is 0 Å². The summed E-state index contributed by atoms with van der Waals surface area (Å²) in [5, 5.41) is 11.9. The van der Waals surface area contributed by atoms with Gasteiger partial charge in [-0.15, -0.1) is 0 Å². The molecule has 1 N–H and O–H groups in total. The predicted octanol–water partition coefficient (Wildman–Crippen LogP) is 2.56. The van der Waals surface area contributed by atoms with Gasteiger partial charge in [-0.3, -0.25) is 4.79 Å². The molecule has 1 aromatic carbocycles. The number of anilines is 1. The molecule has 1 amide bonds. The molecule has 148 valence electrons. The Morgan fingerprint density at radius 2 is 2.00 bits per heavy atom. The molecule has 2 aliphatic rings. The Bertz CT molecular complexity index is 1040. The lowest BCUT2D eigenvalue weighted by Crippen LogP contribution is -2.48. The zero-order chi connectivity index (χ0) is 20.0. The van der Waals surface area contributed by atoms with Gasteiger partial charge in [-0.25, -0.2) is 14.4 Å². The van der Waals surface area contributed by atoms with E-state index in [0.717, 1.165) is 12.8 Å². The van der Waals surface area contributed by atoms with Gasteiger partial charge in [0.25, 0.3) is 5.91 Å². The second-order valence-electron chi connectivity index (χ2n) is 7.32. The largest absolute Gasteiger partial charge is 0.364 e. The van der Waals surface area contributed by atoms with E-state index in [9.17, 15) is 9.18 Å². The van der Waals surface area contributed by atoms with Crippen LogP contribution in [0.15, 0.2) is 43.0 Å². The van der Waals surface area contributed by atoms with Crippen LogP contribution >= 0.6 is 11.6 Å². The van der Waals surface area contributed by atoms with Crippen LogP contribution in [0, 0.1) is 11.7 Å². The van der Waals surface area contributed by atoms with E-state index in [0.29, 0.717) is 29.1 Å². The van der Waals surface area contributed by atoms with Crippen molar-refractivity contribution >= 4 is 23.3 Å². The average Bonchev–Trinajstić information content (AvgIpc) is 3.46. The number of halogens is 2. The quantitative estimate of drug-likeness (QED) is 0.707. The van der Waals surface area contributed by atoms with Crippen molar-refractivity contribution in [1.82, 2.24) is 29.9 Å². The van der Waals surface area contributed by atoms with Crippen LogP contribution < -0.4 is 5.32 Å². The van der Waals surface area contributed by atoms with Crippen LogP contribution in [0.1, 0.15) is 23.2 Å². The average molecular weight is 414 g/mol. The number of fused-ring (bicyclic) bond motifs is 2. The molecule has 1 aliphatic carbocycles. The van der Waals surface area contributed by atoms with Crippen molar-refractivity contribution < 1.29 is 9.18 Å². The van der Waals surface area contributed by atoms with Crippen LogP contribution in [0.5, 0.6) is 0 Å². The van der Waals surface area contributed by atoms with Crippen LogP contribution in [0.25, 0.3) is 5.69 Å². The molecule has 0 radical (unpaired) electrons. The van der Waals surface area contributed by atoms with E-state index in [2.05, 4.69) is 25.5 Å². The van der Waals surface area contributed by atoms with E-state index >= 15 is 0 Å². The first kappa shape index (κ1) is 18.0. The van der Waals surface area contributed by atoms with Crippen molar-refractivity contribution in [3.63, 3.8) is 0 Å². The van der Waals surface area contributed by atoms with E-state index < -0.39 is 5.82 Å². The Kier molecular flexibility index (Phi) is 4.39. The van der Waals surface area contributed by atoms with Gasteiger partial charge in [0.05, 0.1) is 42.1 Å². The third-order valence-electron chi connectivity index (χ3n) is 5.52. The lowest BCUT2D eigenvalue weighted by molar-refractivity contribution is 0.0691. The Labute approximate surface area is 170 Å². The molecule has 8 nitrogen and oxygen atoms in total. The molecule has 1 saturated carbocycles. The number of nitrogens with zero attached hydrogens (tertiary/aromatic N) is 6. The number of benzene rings is 1. The van der Waals surface area contributed by atoms with E-state index in [4.69, 9.17) is 11.6 Å². The van der Waals surface area contributed by atoms with Gasteiger partial charge in [0.15, 0.2) is 0 Å². The summed E-state index contributed by atoms with van der Waals surface area (Å²) in [6.07, 6.45) is 7.93. The van der Waals surface area contributed by atoms with Gasteiger partial charge in [-0.1, -0.05) is 11.6 Å². The maximum Gasteiger partial charge on any atom is 0.256 e. The van der Waals surface area contributed by atoms with Crippen LogP contribution in [-0.2, 0) is 0 Å². The highest BCUT2D eigenvalue weighted by Crippen LogP contribution is 2.40. The normalized spacial score (nSPS) is 22.8. The van der Waals surface area contributed by atoms with Gasteiger partial charge in [-0.05, 0) is 37.0 Å². The number of piperidine rings is 1. The van der Waals surface area contributed by atoms with Crippen molar-refractivity contribution in [2.24, 2.45) is 5.92 Å². The third kappa shape index (κ3) is 3.31. The molecular formula is C19H17ClFN7O. The summed E-state index contributed by atoms with van der Waals surface area (Å²) >= 11 is 5.80. The van der Waals surface area contributed by atoms with Crippen molar-refractivity contribution in [2.45, 2.75) is 24.9 Å². The smallest absolute Gasteiger partial charge is 0.256 e. The summed E-state index contributed by atoms with van der Waals surface area (Å²) in [7, 11) is 0. The standard InChI is InChI=1S/C19H17ClFN7O/c20-17-8-23-18(9-22-17)26-14-5-11-6-16(14)27(10-11)19(29)13-7-12(21)1-2-15(13)28-24-3-4-25-28/h1-4,7-9,11,14,16H,5-6,10H2,(H,23,26)/t11-,14+,16-/m0/s1. The minimum Gasteiger partial charge on any atom is -0.364 e. The molecule has 5 rings (SSSR count). The minimum absolute atomic E-state index is 0.00771. The van der Waals surface area contributed by atoms with Crippen molar-refractivity contribution in [1.29, 1.82) is 0 Å². The fourth-order valence-corrected chi connectivity index (χ4v) is 4.44. The zero-order valence-corrected chi connectivity index (χ0v) is 16.0. The van der Waals surface area contributed by atoms with Gasteiger partial charge >= 0.3 is 0 Å². The first-order valence-electron chi connectivity index (χ1n) is 9.30.